The molecule has 0 saturated heterocycles. The second kappa shape index (κ2) is 15.0. The van der Waals surface area contributed by atoms with Crippen LogP contribution in [0.4, 0.5) is 0 Å². The van der Waals surface area contributed by atoms with Gasteiger partial charge in [-0.15, -0.1) is 0 Å². The summed E-state index contributed by atoms with van der Waals surface area (Å²) in [5, 5.41) is 16.2. The van der Waals surface area contributed by atoms with Crippen molar-refractivity contribution in [2.24, 2.45) is 11.0 Å². The summed E-state index contributed by atoms with van der Waals surface area (Å²) in [5.74, 6) is -1.15. The molecule has 2 atom stereocenters. The number of carbonyl (C=O) groups excluding carboxylic acids is 2. The molecule has 0 unspecified atom stereocenters. The maximum Gasteiger partial charge on any atom is 0.341 e. The summed E-state index contributed by atoms with van der Waals surface area (Å²) in [6, 6.07) is 7.06. The van der Waals surface area contributed by atoms with Crippen LogP contribution in [0.25, 0.3) is 0 Å². The topological polar surface area (TPSA) is 136 Å². The number of ether oxygens (including phenoxy) is 3. The minimum absolute atomic E-state index is 0.0983. The third kappa shape index (κ3) is 9.84. The lowest BCUT2D eigenvalue weighted by Crippen LogP contribution is -2.49. The van der Waals surface area contributed by atoms with Crippen molar-refractivity contribution in [1.29, 1.82) is 0 Å². The summed E-state index contributed by atoms with van der Waals surface area (Å²) in [5.41, 5.74) is 3.01. The van der Waals surface area contributed by atoms with Crippen molar-refractivity contribution in [2.45, 2.75) is 39.3 Å². The van der Waals surface area contributed by atoms with Crippen molar-refractivity contribution < 1.29 is 33.7 Å². The first-order valence-corrected chi connectivity index (χ1v) is 13.2. The maximum atomic E-state index is 12.9. The summed E-state index contributed by atoms with van der Waals surface area (Å²) < 4.78 is 16.8. The lowest BCUT2D eigenvalue weighted by Gasteiger charge is -2.22. The van der Waals surface area contributed by atoms with Crippen LogP contribution in [-0.2, 0) is 14.4 Å². The zero-order valence-corrected chi connectivity index (χ0v) is 24.8. The van der Waals surface area contributed by atoms with Crippen molar-refractivity contribution in [3.8, 4) is 17.2 Å². The van der Waals surface area contributed by atoms with Crippen molar-refractivity contribution >= 4 is 69.8 Å². The molecule has 0 aromatic heterocycles. The fourth-order valence-corrected chi connectivity index (χ4v) is 4.38. The molecule has 0 heterocycles. The highest BCUT2D eigenvalue weighted by Gasteiger charge is 2.25. The molecule has 2 amide bonds. The lowest BCUT2D eigenvalue weighted by atomic mass is 10.0. The largest absolute Gasteiger partial charge is 0.493 e. The van der Waals surface area contributed by atoms with Gasteiger partial charge in [0.25, 0.3) is 11.8 Å². The molecule has 3 N–H and O–H groups in total. The number of benzene rings is 2. The number of carbonyl (C=O) groups is 3. The van der Waals surface area contributed by atoms with Gasteiger partial charge in [-0.25, -0.2) is 10.2 Å². The molecular weight excluding hydrogens is 652 g/mol. The standard InChI is InChI=1S/C25H28Cl2IN3O7/c1-13(2)7-19(30-24(34)14(3)38-20-6-5-16(26)10-17(20)27)25(35)31-29-11-15-8-18(28)23(21(9-15)36-4)37-12-22(32)33/h5-6,8-11,13-14,19H,7,12H2,1-4H3,(H,30,34)(H,31,35)(H,32,33)/b29-11-/t14-,19-/m1/s1. The molecule has 0 bridgehead atoms. The van der Waals surface area contributed by atoms with Crippen LogP contribution < -0.4 is 25.0 Å². The van der Waals surface area contributed by atoms with E-state index in [0.29, 0.717) is 26.3 Å². The summed E-state index contributed by atoms with van der Waals surface area (Å²) in [6.07, 6.45) is 0.825. The van der Waals surface area contributed by atoms with Crippen LogP contribution in [0.3, 0.4) is 0 Å². The number of hydrogen-bond donors (Lipinski definition) is 3. The van der Waals surface area contributed by atoms with Gasteiger partial charge in [-0.05, 0) is 77.7 Å². The molecule has 0 fully saturated rings. The minimum atomic E-state index is -1.12. The molecule has 0 radical (unpaired) electrons. The number of hydrogen-bond acceptors (Lipinski definition) is 7. The van der Waals surface area contributed by atoms with E-state index in [9.17, 15) is 14.4 Å². The quantitative estimate of drug-likeness (QED) is 0.161. The van der Waals surface area contributed by atoms with E-state index in [1.54, 1.807) is 31.2 Å². The average molecular weight is 680 g/mol. The Labute approximate surface area is 244 Å². The molecule has 2 aromatic rings. The summed E-state index contributed by atoms with van der Waals surface area (Å²) in [7, 11) is 1.42. The molecule has 0 aliphatic rings. The SMILES string of the molecule is COc1cc(/C=N\NC(=O)[C@@H](CC(C)C)NC(=O)[C@@H](C)Oc2ccc(Cl)cc2Cl)cc(I)c1OCC(=O)O. The number of nitrogens with one attached hydrogen (secondary N) is 2. The molecule has 10 nitrogen and oxygen atoms in total. The Morgan fingerprint density at radius 1 is 1.11 bits per heavy atom. The zero-order valence-electron chi connectivity index (χ0n) is 21.1. The Bertz CT molecular complexity index is 1190. The molecule has 38 heavy (non-hydrogen) atoms. The number of rotatable bonds is 13. The van der Waals surface area contributed by atoms with Gasteiger partial charge < -0.3 is 24.6 Å². The van der Waals surface area contributed by atoms with E-state index in [1.165, 1.54) is 19.4 Å². The first-order valence-electron chi connectivity index (χ1n) is 11.4. The normalized spacial score (nSPS) is 12.6. The van der Waals surface area contributed by atoms with Crippen LogP contribution in [0.5, 0.6) is 17.2 Å². The van der Waals surface area contributed by atoms with Gasteiger partial charge in [0.05, 0.1) is 21.9 Å². The van der Waals surface area contributed by atoms with Gasteiger partial charge >= 0.3 is 5.97 Å². The Morgan fingerprint density at radius 3 is 2.42 bits per heavy atom. The van der Waals surface area contributed by atoms with Crippen LogP contribution in [0, 0.1) is 9.49 Å². The number of nitrogens with zero attached hydrogens (tertiary/aromatic N) is 1. The average Bonchev–Trinajstić information content (AvgIpc) is 2.83. The fourth-order valence-electron chi connectivity index (χ4n) is 3.14. The minimum Gasteiger partial charge on any atom is -0.493 e. The third-order valence-electron chi connectivity index (χ3n) is 4.89. The van der Waals surface area contributed by atoms with Gasteiger partial charge in [0.15, 0.2) is 24.2 Å². The van der Waals surface area contributed by atoms with Crippen LogP contribution in [0.2, 0.25) is 10.0 Å². The van der Waals surface area contributed by atoms with E-state index in [-0.39, 0.29) is 22.4 Å². The molecule has 0 saturated carbocycles. The monoisotopic (exact) mass is 679 g/mol. The van der Waals surface area contributed by atoms with Crippen molar-refractivity contribution in [3.63, 3.8) is 0 Å². The second-order valence-corrected chi connectivity index (χ2v) is 10.5. The first kappa shape index (κ1) is 31.4. The van der Waals surface area contributed by atoms with Crippen molar-refractivity contribution in [3.05, 3.63) is 49.5 Å². The van der Waals surface area contributed by atoms with Crippen LogP contribution in [0.1, 0.15) is 32.8 Å². The van der Waals surface area contributed by atoms with Crippen LogP contribution in [0.15, 0.2) is 35.4 Å². The van der Waals surface area contributed by atoms with E-state index in [2.05, 4.69) is 15.8 Å². The Morgan fingerprint density at radius 2 is 1.82 bits per heavy atom. The number of hydrazone groups is 1. The number of halogens is 3. The van der Waals surface area contributed by atoms with Crippen molar-refractivity contribution in [2.75, 3.05) is 13.7 Å². The van der Waals surface area contributed by atoms with E-state index in [4.69, 9.17) is 42.5 Å². The predicted octanol–water partition coefficient (Wildman–Crippen LogP) is 4.52. The van der Waals surface area contributed by atoms with Gasteiger partial charge in [-0.2, -0.15) is 5.10 Å². The molecule has 13 heteroatoms. The second-order valence-electron chi connectivity index (χ2n) is 8.48. The van der Waals surface area contributed by atoms with Crippen molar-refractivity contribution in [1.82, 2.24) is 10.7 Å². The number of carboxylic acid groups (broad SMARTS) is 1. The number of carboxylic acids is 1. The number of methoxy groups -OCH3 is 1. The van der Waals surface area contributed by atoms with Gasteiger partial charge in [0.2, 0.25) is 0 Å². The summed E-state index contributed by atoms with van der Waals surface area (Å²) in [4.78, 5) is 36.4. The Balaban J connectivity index is 2.07. The molecule has 0 aliphatic carbocycles. The highest BCUT2D eigenvalue weighted by molar-refractivity contribution is 14.1. The molecule has 2 rings (SSSR count). The zero-order chi connectivity index (χ0) is 28.4. The number of amides is 2. The molecular formula is C25H28Cl2IN3O7. The van der Waals surface area contributed by atoms with Crippen LogP contribution in [-0.4, -0.2) is 55.0 Å². The molecule has 0 aliphatic heterocycles. The van der Waals surface area contributed by atoms with Crippen LogP contribution >= 0.6 is 45.8 Å². The highest BCUT2D eigenvalue weighted by atomic mass is 127. The fraction of sp³-hybridized carbons (Fsp3) is 0.360. The smallest absolute Gasteiger partial charge is 0.341 e. The van der Waals surface area contributed by atoms with Gasteiger partial charge in [-0.1, -0.05) is 37.0 Å². The predicted molar refractivity (Wildman–Crippen MR) is 153 cm³/mol. The van der Waals surface area contributed by atoms with Gasteiger partial charge in [0.1, 0.15) is 11.8 Å². The van der Waals surface area contributed by atoms with E-state index in [1.807, 2.05) is 36.4 Å². The maximum absolute atomic E-state index is 12.9. The van der Waals surface area contributed by atoms with E-state index >= 15 is 0 Å². The molecule has 0 spiro atoms. The van der Waals surface area contributed by atoms with E-state index < -0.39 is 36.5 Å². The summed E-state index contributed by atoms with van der Waals surface area (Å²) in [6.45, 7) is 4.87. The van der Waals surface area contributed by atoms with Gasteiger partial charge in [-0.3, -0.25) is 9.59 Å². The van der Waals surface area contributed by atoms with Gasteiger partial charge in [0, 0.05) is 5.02 Å². The van der Waals surface area contributed by atoms with E-state index in [0.717, 1.165) is 0 Å². The summed E-state index contributed by atoms with van der Waals surface area (Å²) >= 11 is 14.0. The molecule has 2 aromatic carbocycles. The molecule has 206 valence electrons. The Hall–Kier alpha value is -2.77. The first-order chi connectivity index (χ1) is 17.9. The third-order valence-corrected chi connectivity index (χ3v) is 6.22. The Kier molecular flexibility index (Phi) is 12.4. The number of aliphatic carboxylic acids is 1. The lowest BCUT2D eigenvalue weighted by molar-refractivity contribution is -0.139. The highest BCUT2D eigenvalue weighted by Crippen LogP contribution is 2.33.